The van der Waals surface area contributed by atoms with E-state index < -0.39 is 0 Å². The van der Waals surface area contributed by atoms with Gasteiger partial charge in [0.1, 0.15) is 11.6 Å². The summed E-state index contributed by atoms with van der Waals surface area (Å²) in [4.78, 5) is 19.2. The first kappa shape index (κ1) is 24.0. The average Bonchev–Trinajstić information content (AvgIpc) is 3.35. The molecule has 1 amide bonds. The van der Waals surface area contributed by atoms with E-state index in [4.69, 9.17) is 4.74 Å². The minimum Gasteiger partial charge on any atom is -0.383 e. The Morgan fingerprint density at radius 3 is 2.56 bits per heavy atom. The fraction of sp³-hybridized carbons (Fsp3) is 0.333. The summed E-state index contributed by atoms with van der Waals surface area (Å²) in [7, 11) is 3.75. The second kappa shape index (κ2) is 10.8. The topological polar surface area (TPSA) is 68.6 Å². The second-order valence-electron chi connectivity index (χ2n) is 8.56. The van der Waals surface area contributed by atoms with Gasteiger partial charge in [-0.05, 0) is 66.2 Å². The Kier molecular flexibility index (Phi) is 7.63. The largest absolute Gasteiger partial charge is 0.383 e. The first-order valence-electron chi connectivity index (χ1n) is 11.5. The van der Waals surface area contributed by atoms with Crippen LogP contribution in [0.5, 0.6) is 0 Å². The number of thiophene rings is 1. The Hall–Kier alpha value is -3.18. The number of benzene rings is 2. The molecule has 6 nitrogen and oxygen atoms in total. The Labute approximate surface area is 205 Å². The molecule has 0 unspecified atom stereocenters. The molecule has 1 fully saturated rings. The summed E-state index contributed by atoms with van der Waals surface area (Å²) in [5.41, 5.74) is 3.23. The van der Waals surface area contributed by atoms with Crippen LogP contribution in [0, 0.1) is 11.3 Å². The van der Waals surface area contributed by atoms with Crippen LogP contribution in [0.1, 0.15) is 11.8 Å². The van der Waals surface area contributed by atoms with Crippen LogP contribution in [0.15, 0.2) is 54.1 Å². The van der Waals surface area contributed by atoms with E-state index in [0.717, 1.165) is 41.5 Å². The number of allylic oxidation sites excluding steroid dienone is 1. The number of amides is 1. The Morgan fingerprint density at radius 2 is 1.82 bits per heavy atom. The fourth-order valence-corrected chi connectivity index (χ4v) is 5.13. The van der Waals surface area contributed by atoms with Gasteiger partial charge in [-0.25, -0.2) is 0 Å². The molecule has 0 spiro atoms. The van der Waals surface area contributed by atoms with Crippen molar-refractivity contribution in [3.8, 4) is 16.5 Å². The van der Waals surface area contributed by atoms with Crippen LogP contribution in [-0.2, 0) is 9.53 Å². The molecule has 0 radical (unpaired) electrons. The Bertz CT molecular complexity index is 1250. The Balaban J connectivity index is 1.55. The van der Waals surface area contributed by atoms with Gasteiger partial charge >= 0.3 is 0 Å². The van der Waals surface area contributed by atoms with Crippen LogP contribution >= 0.6 is 11.3 Å². The van der Waals surface area contributed by atoms with Crippen LogP contribution in [0.3, 0.4) is 0 Å². The molecule has 0 bridgehead atoms. The van der Waals surface area contributed by atoms with Crippen molar-refractivity contribution in [1.82, 2.24) is 10.2 Å². The highest BCUT2D eigenvalue weighted by Gasteiger charge is 2.16. The van der Waals surface area contributed by atoms with Gasteiger partial charge in [0.2, 0.25) is 0 Å². The fourth-order valence-electron chi connectivity index (χ4n) is 4.13. The normalized spacial score (nSPS) is 15.2. The molecular weight excluding hydrogens is 444 g/mol. The van der Waals surface area contributed by atoms with E-state index in [-0.39, 0.29) is 11.5 Å². The molecule has 1 aromatic heterocycles. The summed E-state index contributed by atoms with van der Waals surface area (Å²) in [5, 5.41) is 14.7. The predicted molar refractivity (Wildman–Crippen MR) is 140 cm³/mol. The molecular formula is C27H30N4O2S. The summed E-state index contributed by atoms with van der Waals surface area (Å²) >= 11 is 1.59. The molecule has 0 saturated carbocycles. The monoisotopic (exact) mass is 474 g/mol. The molecule has 1 saturated heterocycles. The van der Waals surface area contributed by atoms with E-state index in [2.05, 4.69) is 70.7 Å². The van der Waals surface area contributed by atoms with Crippen molar-refractivity contribution in [3.05, 3.63) is 59.0 Å². The Morgan fingerprint density at radius 1 is 1.09 bits per heavy atom. The lowest BCUT2D eigenvalue weighted by Gasteiger charge is -2.34. The number of piperazine rings is 1. The molecule has 1 N–H and O–H groups in total. The number of carbonyl (C=O) groups excluding carboxylic acids is 1. The van der Waals surface area contributed by atoms with E-state index in [1.807, 2.05) is 13.0 Å². The van der Waals surface area contributed by atoms with Crippen molar-refractivity contribution >= 4 is 39.3 Å². The highest BCUT2D eigenvalue weighted by atomic mass is 32.1. The third-order valence-electron chi connectivity index (χ3n) is 6.26. The number of methoxy groups -OCH3 is 1. The number of nitrogens with one attached hydrogen (secondary N) is 1. The van der Waals surface area contributed by atoms with Gasteiger partial charge in [0, 0.05) is 55.3 Å². The van der Waals surface area contributed by atoms with E-state index in [1.165, 1.54) is 16.5 Å². The van der Waals surface area contributed by atoms with Crippen molar-refractivity contribution in [2.24, 2.45) is 0 Å². The molecule has 176 valence electrons. The molecule has 2 heterocycles. The minimum absolute atomic E-state index is 0.138. The van der Waals surface area contributed by atoms with E-state index in [0.29, 0.717) is 18.7 Å². The van der Waals surface area contributed by atoms with E-state index in [1.54, 1.807) is 18.4 Å². The van der Waals surface area contributed by atoms with Crippen LogP contribution in [0.2, 0.25) is 0 Å². The average molecular weight is 475 g/mol. The number of ether oxygens (including phenoxy) is 1. The maximum Gasteiger partial charge on any atom is 0.262 e. The smallest absolute Gasteiger partial charge is 0.262 e. The maximum atomic E-state index is 12.4. The SMILES string of the molecule is COCCNC(=O)/C(C#N)=C(\C)c1ccc(-c2ccc3cc(N4CCN(C)CC4)ccc3c2)s1. The molecule has 3 aromatic rings. The third-order valence-corrected chi connectivity index (χ3v) is 7.51. The van der Waals surface area contributed by atoms with Crippen molar-refractivity contribution < 1.29 is 9.53 Å². The van der Waals surface area contributed by atoms with Crippen molar-refractivity contribution in [2.45, 2.75) is 6.92 Å². The first-order valence-corrected chi connectivity index (χ1v) is 12.3. The van der Waals surface area contributed by atoms with Gasteiger partial charge in [-0.15, -0.1) is 11.3 Å². The number of fused-ring (bicyclic) bond motifs is 1. The van der Waals surface area contributed by atoms with Crippen LogP contribution in [-0.4, -0.2) is 64.3 Å². The molecule has 7 heteroatoms. The molecule has 0 aliphatic carbocycles. The highest BCUT2D eigenvalue weighted by molar-refractivity contribution is 7.16. The van der Waals surface area contributed by atoms with Gasteiger partial charge in [-0.2, -0.15) is 5.26 Å². The van der Waals surface area contributed by atoms with Crippen molar-refractivity contribution in [2.75, 3.05) is 58.4 Å². The van der Waals surface area contributed by atoms with Gasteiger partial charge in [0.15, 0.2) is 0 Å². The van der Waals surface area contributed by atoms with Gasteiger partial charge in [0.25, 0.3) is 5.91 Å². The van der Waals surface area contributed by atoms with Gasteiger partial charge in [0.05, 0.1) is 6.61 Å². The zero-order chi connectivity index (χ0) is 24.1. The number of carbonyl (C=O) groups is 1. The lowest BCUT2D eigenvalue weighted by atomic mass is 10.0. The highest BCUT2D eigenvalue weighted by Crippen LogP contribution is 2.35. The summed E-state index contributed by atoms with van der Waals surface area (Å²) in [5.74, 6) is -0.367. The number of nitrogens with zero attached hydrogens (tertiary/aromatic N) is 3. The minimum atomic E-state index is -0.367. The number of hydrogen-bond donors (Lipinski definition) is 1. The van der Waals surface area contributed by atoms with Crippen LogP contribution in [0.4, 0.5) is 5.69 Å². The summed E-state index contributed by atoms with van der Waals surface area (Å²) in [6.07, 6.45) is 0. The predicted octanol–water partition coefficient (Wildman–Crippen LogP) is 4.38. The molecule has 4 rings (SSSR count). The lowest BCUT2D eigenvalue weighted by molar-refractivity contribution is -0.117. The van der Waals surface area contributed by atoms with Gasteiger partial charge in [-0.3, -0.25) is 4.79 Å². The first-order chi connectivity index (χ1) is 16.5. The molecule has 1 aliphatic heterocycles. The molecule has 2 aromatic carbocycles. The number of rotatable bonds is 7. The number of anilines is 1. The maximum absolute atomic E-state index is 12.4. The quantitative estimate of drug-likeness (QED) is 0.313. The number of nitriles is 1. The van der Waals surface area contributed by atoms with Crippen molar-refractivity contribution in [1.29, 1.82) is 5.26 Å². The standard InChI is InChI=1S/C27H30N4O2S/c1-19(24(18-28)27(32)29-10-15-33-3)25-8-9-26(34-25)22-5-4-21-17-23(7-6-20(21)16-22)31-13-11-30(2)12-14-31/h4-9,16-17H,10-15H2,1-3H3,(H,29,32)/b24-19+. The van der Waals surface area contributed by atoms with Crippen LogP contribution < -0.4 is 10.2 Å². The van der Waals surface area contributed by atoms with E-state index in [9.17, 15) is 10.1 Å². The summed E-state index contributed by atoms with van der Waals surface area (Å²) in [6.45, 7) is 6.90. The van der Waals surface area contributed by atoms with E-state index >= 15 is 0 Å². The zero-order valence-electron chi connectivity index (χ0n) is 19.9. The summed E-state index contributed by atoms with van der Waals surface area (Å²) < 4.78 is 4.96. The number of hydrogen-bond acceptors (Lipinski definition) is 6. The molecule has 0 atom stereocenters. The third kappa shape index (κ3) is 5.31. The van der Waals surface area contributed by atoms with Gasteiger partial charge in [-0.1, -0.05) is 18.2 Å². The zero-order valence-corrected chi connectivity index (χ0v) is 20.7. The van der Waals surface area contributed by atoms with Crippen LogP contribution in [0.25, 0.3) is 26.8 Å². The molecule has 1 aliphatic rings. The lowest BCUT2D eigenvalue weighted by Crippen LogP contribution is -2.44. The molecule has 34 heavy (non-hydrogen) atoms. The summed E-state index contributed by atoms with van der Waals surface area (Å²) in [6, 6.07) is 19.3. The number of likely N-dealkylation sites (N-methyl/N-ethyl adjacent to an activating group) is 1. The van der Waals surface area contributed by atoms with Gasteiger partial charge < -0.3 is 19.9 Å². The van der Waals surface area contributed by atoms with Crippen molar-refractivity contribution in [3.63, 3.8) is 0 Å². The second-order valence-corrected chi connectivity index (χ2v) is 9.64.